The van der Waals surface area contributed by atoms with Crippen LogP contribution in [0.5, 0.6) is 0 Å². The number of anilines is 2. The molecule has 0 radical (unpaired) electrons. The average molecular weight is 437 g/mol. The molecule has 1 aromatic carbocycles. The number of nitrogens with zero attached hydrogens (tertiary/aromatic N) is 6. The first-order valence-electron chi connectivity index (χ1n) is 10.9. The number of hydrogen-bond acceptors (Lipinski definition) is 8. The number of aliphatic hydroxyl groups is 2. The first-order chi connectivity index (χ1) is 15.4. The number of benzene rings is 1. The predicted molar refractivity (Wildman–Crippen MR) is 124 cm³/mol. The Labute approximate surface area is 186 Å². The molecular weight excluding hydrogens is 408 g/mol. The molecule has 2 N–H and O–H groups in total. The molecule has 9 heteroatoms. The summed E-state index contributed by atoms with van der Waals surface area (Å²) < 4.78 is 1.42. The quantitative estimate of drug-likeness (QED) is 0.605. The fourth-order valence-electron chi connectivity index (χ4n) is 4.43. The average Bonchev–Trinajstić information content (AvgIpc) is 3.14. The highest BCUT2D eigenvalue weighted by molar-refractivity contribution is 5.92. The molecule has 9 nitrogen and oxygen atoms in total. The van der Waals surface area contributed by atoms with Crippen molar-refractivity contribution in [3.05, 3.63) is 47.0 Å². The maximum atomic E-state index is 12.9. The Kier molecular flexibility index (Phi) is 5.32. The molecule has 2 aliphatic rings. The zero-order valence-corrected chi connectivity index (χ0v) is 18.3. The molecule has 3 aromatic rings. The van der Waals surface area contributed by atoms with Gasteiger partial charge in [0.2, 0.25) is 0 Å². The summed E-state index contributed by atoms with van der Waals surface area (Å²) in [5.74, 6) is 0.449. The summed E-state index contributed by atoms with van der Waals surface area (Å²) in [6.45, 7) is 4.53. The number of fused-ring (bicyclic) bond motifs is 1. The SMILES string of the molecule is CN1CCN(c2ccc(-c3cc4ncn(C)c(=O)c4c(N4CC(O)C(O)C4)n3)cc2)CC1. The van der Waals surface area contributed by atoms with Crippen LogP contribution in [0.1, 0.15) is 0 Å². The Morgan fingerprint density at radius 2 is 1.59 bits per heavy atom. The minimum atomic E-state index is -0.876. The van der Waals surface area contributed by atoms with Crippen LogP contribution in [0.2, 0.25) is 0 Å². The van der Waals surface area contributed by atoms with Crippen molar-refractivity contribution in [2.75, 3.05) is 56.1 Å². The van der Waals surface area contributed by atoms with Crippen molar-refractivity contribution in [1.29, 1.82) is 0 Å². The van der Waals surface area contributed by atoms with Crippen molar-refractivity contribution < 1.29 is 10.2 Å². The summed E-state index contributed by atoms with van der Waals surface area (Å²) >= 11 is 0. The molecule has 168 valence electrons. The third-order valence-electron chi connectivity index (χ3n) is 6.47. The second-order valence-electron chi connectivity index (χ2n) is 8.76. The number of pyridine rings is 1. The number of hydrogen-bond donors (Lipinski definition) is 2. The lowest BCUT2D eigenvalue weighted by Gasteiger charge is -2.34. The first kappa shape index (κ1) is 20.9. The van der Waals surface area contributed by atoms with Crippen LogP contribution in [0.3, 0.4) is 0 Å². The number of aliphatic hydroxyl groups excluding tert-OH is 2. The van der Waals surface area contributed by atoms with Gasteiger partial charge in [0.05, 0.1) is 29.7 Å². The normalized spacial score (nSPS) is 22.1. The highest BCUT2D eigenvalue weighted by atomic mass is 16.3. The van der Waals surface area contributed by atoms with Gasteiger partial charge in [-0.3, -0.25) is 4.79 Å². The second-order valence-corrected chi connectivity index (χ2v) is 8.76. The maximum Gasteiger partial charge on any atom is 0.264 e. The van der Waals surface area contributed by atoms with E-state index in [4.69, 9.17) is 4.98 Å². The van der Waals surface area contributed by atoms with E-state index in [0.29, 0.717) is 22.4 Å². The van der Waals surface area contributed by atoms with Crippen LogP contribution in [0.4, 0.5) is 11.5 Å². The molecule has 2 aliphatic heterocycles. The Bertz CT molecular complexity index is 1180. The van der Waals surface area contributed by atoms with Gasteiger partial charge in [0, 0.05) is 57.6 Å². The van der Waals surface area contributed by atoms with Crippen molar-refractivity contribution in [1.82, 2.24) is 19.4 Å². The van der Waals surface area contributed by atoms with Crippen molar-refractivity contribution in [3.63, 3.8) is 0 Å². The Balaban J connectivity index is 1.55. The van der Waals surface area contributed by atoms with Crippen LogP contribution < -0.4 is 15.4 Å². The van der Waals surface area contributed by atoms with E-state index in [2.05, 4.69) is 34.0 Å². The lowest BCUT2D eigenvalue weighted by molar-refractivity contribution is 0.0572. The van der Waals surface area contributed by atoms with E-state index in [1.807, 2.05) is 18.2 Å². The van der Waals surface area contributed by atoms with Gasteiger partial charge < -0.3 is 29.5 Å². The van der Waals surface area contributed by atoms with Gasteiger partial charge in [-0.05, 0) is 25.2 Å². The zero-order valence-electron chi connectivity index (χ0n) is 18.3. The van der Waals surface area contributed by atoms with E-state index in [1.165, 1.54) is 16.6 Å². The number of likely N-dealkylation sites (N-methyl/N-ethyl adjacent to an activating group) is 1. The fourth-order valence-corrected chi connectivity index (χ4v) is 4.43. The summed E-state index contributed by atoms with van der Waals surface area (Å²) in [5, 5.41) is 20.5. The largest absolute Gasteiger partial charge is 0.389 e. The number of piperazine rings is 1. The van der Waals surface area contributed by atoms with Crippen molar-refractivity contribution in [3.8, 4) is 11.3 Å². The van der Waals surface area contributed by atoms with E-state index in [-0.39, 0.29) is 18.6 Å². The summed E-state index contributed by atoms with van der Waals surface area (Å²) in [6.07, 6.45) is -0.250. The van der Waals surface area contributed by atoms with Crippen molar-refractivity contribution >= 4 is 22.4 Å². The van der Waals surface area contributed by atoms with Gasteiger partial charge >= 0.3 is 0 Å². The minimum absolute atomic E-state index is 0.203. The van der Waals surface area contributed by atoms with Crippen LogP contribution in [0.25, 0.3) is 22.2 Å². The molecular formula is C23H28N6O3. The van der Waals surface area contributed by atoms with Crippen molar-refractivity contribution in [2.45, 2.75) is 12.2 Å². The molecule has 32 heavy (non-hydrogen) atoms. The second kappa shape index (κ2) is 8.16. The zero-order chi connectivity index (χ0) is 22.4. The molecule has 0 amide bonds. The Morgan fingerprint density at radius 3 is 2.25 bits per heavy atom. The predicted octanol–water partition coefficient (Wildman–Crippen LogP) is 0.289. The fraction of sp³-hybridized carbons (Fsp3) is 0.435. The van der Waals surface area contributed by atoms with Gasteiger partial charge in [-0.2, -0.15) is 0 Å². The van der Waals surface area contributed by atoms with Gasteiger partial charge in [0.15, 0.2) is 0 Å². The minimum Gasteiger partial charge on any atom is -0.389 e. The lowest BCUT2D eigenvalue weighted by atomic mass is 10.1. The summed E-state index contributed by atoms with van der Waals surface area (Å²) in [6, 6.07) is 10.1. The highest BCUT2D eigenvalue weighted by Crippen LogP contribution is 2.30. The van der Waals surface area contributed by atoms with Crippen LogP contribution in [0.15, 0.2) is 41.5 Å². The molecule has 2 atom stereocenters. The Morgan fingerprint density at radius 1 is 0.938 bits per heavy atom. The molecule has 2 fully saturated rings. The lowest BCUT2D eigenvalue weighted by Crippen LogP contribution is -2.44. The summed E-state index contributed by atoms with van der Waals surface area (Å²) in [4.78, 5) is 28.6. The van der Waals surface area contributed by atoms with Gasteiger partial charge in [0.1, 0.15) is 11.2 Å². The topological polar surface area (TPSA) is 98.0 Å². The van der Waals surface area contributed by atoms with Gasteiger partial charge in [-0.1, -0.05) is 12.1 Å². The van der Waals surface area contributed by atoms with E-state index < -0.39 is 12.2 Å². The van der Waals surface area contributed by atoms with Crippen LogP contribution in [0, 0.1) is 0 Å². The smallest absolute Gasteiger partial charge is 0.264 e. The van der Waals surface area contributed by atoms with E-state index in [1.54, 1.807) is 11.9 Å². The van der Waals surface area contributed by atoms with Gasteiger partial charge in [-0.15, -0.1) is 0 Å². The Hall–Kier alpha value is -3.01. The number of β-amino-alcohol motifs (C(OH)–C–C–N with tert-alkyl or cyclic N) is 2. The number of rotatable bonds is 3. The number of aryl methyl sites for hydroxylation is 1. The highest BCUT2D eigenvalue weighted by Gasteiger charge is 2.32. The molecule has 0 bridgehead atoms. The molecule has 0 saturated carbocycles. The van der Waals surface area contributed by atoms with Gasteiger partial charge in [-0.25, -0.2) is 9.97 Å². The molecule has 4 heterocycles. The molecule has 0 aliphatic carbocycles. The molecule has 2 aromatic heterocycles. The van der Waals surface area contributed by atoms with E-state index >= 15 is 0 Å². The summed E-state index contributed by atoms with van der Waals surface area (Å²) in [7, 11) is 3.79. The standard InChI is InChI=1S/C23H28N6O3/c1-26-7-9-28(10-8-26)16-5-3-15(4-6-16)17-11-18-21(23(32)27(2)14-24-18)22(25-17)29-12-19(30)20(31)13-29/h3-6,11,14,19-20,30-31H,7-10,12-13H2,1-2H3. The van der Waals surface area contributed by atoms with E-state index in [0.717, 1.165) is 31.7 Å². The molecule has 5 rings (SSSR count). The van der Waals surface area contributed by atoms with Crippen molar-refractivity contribution in [2.24, 2.45) is 7.05 Å². The first-order valence-corrected chi connectivity index (χ1v) is 10.9. The van der Waals surface area contributed by atoms with E-state index in [9.17, 15) is 15.0 Å². The third-order valence-corrected chi connectivity index (χ3v) is 6.47. The maximum absolute atomic E-state index is 12.9. The van der Waals surface area contributed by atoms with Crippen LogP contribution in [-0.2, 0) is 7.05 Å². The number of aromatic nitrogens is 3. The molecule has 2 unspecified atom stereocenters. The molecule has 2 saturated heterocycles. The van der Waals surface area contributed by atoms with Crippen LogP contribution in [-0.4, -0.2) is 88.2 Å². The third kappa shape index (κ3) is 3.72. The monoisotopic (exact) mass is 436 g/mol. The van der Waals surface area contributed by atoms with Crippen LogP contribution >= 0.6 is 0 Å². The summed E-state index contributed by atoms with van der Waals surface area (Å²) in [5.41, 5.74) is 3.15. The van der Waals surface area contributed by atoms with Gasteiger partial charge in [0.25, 0.3) is 5.56 Å². The molecule has 0 spiro atoms.